The van der Waals surface area contributed by atoms with Crippen molar-refractivity contribution >= 4 is 88.8 Å². The van der Waals surface area contributed by atoms with E-state index < -0.39 is 210 Å². The molecule has 1 aliphatic carbocycles. The Morgan fingerprint density at radius 3 is 1.64 bits per heavy atom. The average Bonchev–Trinajstić information content (AvgIpc) is 0.789. The Morgan fingerprint density at radius 2 is 1.17 bits per heavy atom. The number of nitrogens with one attached hydrogen (secondary N) is 10. The quantitative estimate of drug-likeness (QED) is 0.0183. The lowest BCUT2D eigenvalue weighted by atomic mass is 9.80. The number of esters is 1. The van der Waals surface area contributed by atoms with Crippen LogP contribution in [0.1, 0.15) is 139 Å². The summed E-state index contributed by atoms with van der Waals surface area (Å²) in [7, 11) is 0. The first-order valence-electron chi connectivity index (χ1n) is 33.6. The largest absolute Gasteiger partial charge is 0.490 e. The van der Waals surface area contributed by atoms with Crippen LogP contribution in [0.15, 0.2) is 35.3 Å². The fourth-order valence-electron chi connectivity index (χ4n) is 9.99. The van der Waals surface area contributed by atoms with Gasteiger partial charge in [-0.15, -0.1) is 0 Å². The van der Waals surface area contributed by atoms with Gasteiger partial charge in [0.05, 0.1) is 37.6 Å². The van der Waals surface area contributed by atoms with E-state index in [2.05, 4.69) is 47.5 Å². The molecular formula is C64H101F6N15O22. The van der Waals surface area contributed by atoms with E-state index in [0.717, 1.165) is 6.92 Å². The third kappa shape index (κ3) is 33.0. The first-order valence-corrected chi connectivity index (χ1v) is 33.6. The zero-order valence-electron chi connectivity index (χ0n) is 60.6. The molecule has 0 bridgehead atoms. The van der Waals surface area contributed by atoms with E-state index in [1.807, 2.05) is 10.6 Å². The molecule has 2 aliphatic rings. The van der Waals surface area contributed by atoms with Gasteiger partial charge in [0, 0.05) is 6.54 Å². The molecule has 43 heteroatoms. The highest BCUT2D eigenvalue weighted by molar-refractivity contribution is 6.01. The second-order valence-electron chi connectivity index (χ2n) is 26.9. The first-order chi connectivity index (χ1) is 49.4. The molecule has 37 nitrogen and oxygen atoms in total. The highest BCUT2D eigenvalue weighted by Gasteiger charge is 2.48. The molecule has 0 spiro atoms. The van der Waals surface area contributed by atoms with E-state index in [1.54, 1.807) is 48.5 Å². The minimum atomic E-state index is -5.08. The number of carboxylic acids is 2. The number of hydrogen-bond donors (Lipinski definition) is 20. The number of hydrogen-bond acceptors (Lipinski definition) is 22. The summed E-state index contributed by atoms with van der Waals surface area (Å²) in [5.41, 5.74) is 20.1. The van der Waals surface area contributed by atoms with Gasteiger partial charge in [0.1, 0.15) is 53.9 Å². The van der Waals surface area contributed by atoms with Crippen LogP contribution in [0.25, 0.3) is 0 Å². The molecule has 3 rings (SSSR count). The SMILES string of the molecule is CC[C@H](C)C1NC(=O)[C@@H](CCCN=C(N)N)NC(=O)[C@H](CC(C)C)NC(=O)[C@H]([C@H](O)C(C)C)NC(=O)[C@@H](NC(=O)C2(NC(=O)[C@H](N)COC(C)(C)C)CCCCC2)[C@@H](c2ccccc2)OC(=O)[C@H](CO)NC(=O)[C@H]([C@H](O)C(N)=O)NC(=O)CNC(=O)[C@H]([C@H](C)O)NC1=O.O=C(O)C(F)(F)F.O=C(O)C(F)(F)F. The van der Waals surface area contributed by atoms with Crippen LogP contribution in [0, 0.1) is 17.8 Å². The van der Waals surface area contributed by atoms with Crippen LogP contribution in [0.3, 0.4) is 0 Å². The number of carbonyl (C=O) groups excluding carboxylic acids is 12. The van der Waals surface area contributed by atoms with E-state index in [1.165, 1.54) is 44.2 Å². The van der Waals surface area contributed by atoms with Gasteiger partial charge >= 0.3 is 30.3 Å². The predicted octanol–water partition coefficient (Wildman–Crippen LogP) is -4.11. The Labute approximate surface area is 611 Å². The Kier molecular flexibility index (Phi) is 39.1. The molecule has 1 saturated carbocycles. The van der Waals surface area contributed by atoms with Crippen molar-refractivity contribution < 1.29 is 134 Å². The number of alkyl halides is 6. The number of nitrogens with two attached hydrogens (primary N) is 4. The summed E-state index contributed by atoms with van der Waals surface area (Å²) in [6.07, 6.45) is -17.1. The van der Waals surface area contributed by atoms with Gasteiger partial charge in [-0.25, -0.2) is 14.4 Å². The summed E-state index contributed by atoms with van der Waals surface area (Å²) in [5.74, 6) is -22.4. The number of amides is 11. The summed E-state index contributed by atoms with van der Waals surface area (Å²) in [5, 5.41) is 82.8. The van der Waals surface area contributed by atoms with Crippen molar-refractivity contribution in [1.82, 2.24) is 53.2 Å². The number of cyclic esters (lactones) is 1. The van der Waals surface area contributed by atoms with Crippen molar-refractivity contribution in [2.45, 2.75) is 229 Å². The van der Waals surface area contributed by atoms with Crippen LogP contribution >= 0.6 is 0 Å². The molecule has 1 aromatic carbocycles. The van der Waals surface area contributed by atoms with Gasteiger partial charge in [-0.3, -0.25) is 57.7 Å². The van der Waals surface area contributed by atoms with Crippen molar-refractivity contribution in [3.8, 4) is 0 Å². The van der Waals surface area contributed by atoms with Crippen LogP contribution in [0.5, 0.6) is 0 Å². The number of carbonyl (C=O) groups is 14. The molecule has 14 atom stereocenters. The summed E-state index contributed by atoms with van der Waals surface area (Å²) >= 11 is 0. The minimum absolute atomic E-state index is 0.0211. The maximum absolute atomic E-state index is 15.5. The van der Waals surface area contributed by atoms with Crippen molar-refractivity contribution in [1.29, 1.82) is 0 Å². The van der Waals surface area contributed by atoms with Crippen LogP contribution < -0.4 is 76.1 Å². The Morgan fingerprint density at radius 1 is 0.673 bits per heavy atom. The van der Waals surface area contributed by atoms with Crippen molar-refractivity contribution in [2.24, 2.45) is 45.7 Å². The maximum Gasteiger partial charge on any atom is 0.490 e. The lowest BCUT2D eigenvalue weighted by Gasteiger charge is -2.39. The summed E-state index contributed by atoms with van der Waals surface area (Å²) in [4.78, 5) is 193. The summed E-state index contributed by atoms with van der Waals surface area (Å²) in [6, 6.07) is -9.53. The van der Waals surface area contributed by atoms with Gasteiger partial charge < -0.3 is 116 Å². The number of halogens is 6. The molecule has 1 unspecified atom stereocenters. The number of primary amides is 1. The number of nitrogens with zero attached hydrogens (tertiary/aromatic N) is 1. The van der Waals surface area contributed by atoms with Gasteiger partial charge in [-0.2, -0.15) is 26.3 Å². The number of aliphatic imine (C=N–C) groups is 1. The van der Waals surface area contributed by atoms with Gasteiger partial charge in [-0.1, -0.05) is 97.6 Å². The Hall–Kier alpha value is -9.59. The molecule has 606 valence electrons. The topological polar surface area (TPSA) is 616 Å². The number of carboxylic acid groups (broad SMARTS) is 2. The molecule has 11 amide bonds. The molecular weight excluding hydrogens is 1440 g/mol. The zero-order valence-corrected chi connectivity index (χ0v) is 60.6. The third-order valence-electron chi connectivity index (χ3n) is 16.1. The molecule has 107 heavy (non-hydrogen) atoms. The second-order valence-corrected chi connectivity index (χ2v) is 26.9. The van der Waals surface area contributed by atoms with Crippen molar-refractivity contribution in [3.63, 3.8) is 0 Å². The van der Waals surface area contributed by atoms with E-state index in [9.17, 15) is 94.7 Å². The van der Waals surface area contributed by atoms with Crippen LogP contribution in [0.2, 0.25) is 0 Å². The zero-order chi connectivity index (χ0) is 82.4. The molecule has 24 N–H and O–H groups in total. The lowest BCUT2D eigenvalue weighted by molar-refractivity contribution is -0.193. The summed E-state index contributed by atoms with van der Waals surface area (Å²) in [6.45, 7) is 13.2. The maximum atomic E-state index is 15.5. The number of aliphatic carboxylic acids is 2. The standard InChI is InChI=1S/C60H99N15O18.2C2HF3O2/c1-11-31(6)39-52(86)72-40(32(7)77)51(85)66-26-38(78)70-42(45(80)47(62)81)54(88)69-37(27-76)56(90)93-46(33-19-14-12-15-20-33)43(74-57(91)60(22-16-13-17-23-60)75-48(82)34(61)28-92-59(8,9)10)55(89)73-41(44(79)30(4)5)53(87)68-36(25-29(2)3)50(84)67-35(49(83)71-39)21-18-24-65-58(63)64;2*3-2(4,5)1(6)7/h12,14-15,19-20,29-32,34-37,39-46,76-77,79-80H,11,13,16-18,21-28,61H2,1-10H3,(H2,62,81)(H,66,85)(H,67,84)(H,68,87)(H,69,88)(H,70,78)(H,71,83)(H,72,86)(H,73,89)(H,74,91)(H,75,82)(H4,63,64,65);2*(H,6,7)/t31-,32-,34+,35+,36-,37-,39?,40-,41-,42-,43-,44+,45-,46+;;/m0../s1. The van der Waals surface area contributed by atoms with Gasteiger partial charge in [0.2, 0.25) is 65.0 Å². The van der Waals surface area contributed by atoms with E-state index in [-0.39, 0.29) is 69.1 Å². The number of aliphatic hydroxyl groups is 4. The molecule has 1 aliphatic heterocycles. The number of aliphatic hydroxyl groups excluding tert-OH is 4. The second kappa shape index (κ2) is 43.9. The monoisotopic (exact) mass is 1550 g/mol. The fraction of sp³-hybridized carbons (Fsp3) is 0.672. The number of guanidine groups is 1. The first kappa shape index (κ1) is 95.4. The molecule has 1 aromatic rings. The van der Waals surface area contributed by atoms with Crippen LogP contribution in [-0.4, -0.2) is 242 Å². The number of ether oxygens (including phenoxy) is 2. The molecule has 2 fully saturated rings. The molecule has 0 aromatic heterocycles. The minimum Gasteiger partial charge on any atom is -0.475 e. The normalized spacial score (nSPS) is 23.7. The molecule has 1 saturated heterocycles. The Balaban J connectivity index is 0.00000369. The average molecular weight is 1550 g/mol. The predicted molar refractivity (Wildman–Crippen MR) is 362 cm³/mol. The number of benzene rings is 1. The van der Waals surface area contributed by atoms with E-state index >= 15 is 9.59 Å². The lowest BCUT2D eigenvalue weighted by Crippen LogP contribution is -2.67. The fourth-order valence-corrected chi connectivity index (χ4v) is 9.99. The van der Waals surface area contributed by atoms with Gasteiger partial charge in [0.15, 0.2) is 24.2 Å². The van der Waals surface area contributed by atoms with Gasteiger partial charge in [0.25, 0.3) is 0 Å². The molecule has 0 radical (unpaired) electrons. The van der Waals surface area contributed by atoms with E-state index in [4.69, 9.17) is 52.2 Å². The van der Waals surface area contributed by atoms with Crippen molar-refractivity contribution in [2.75, 3.05) is 26.3 Å². The smallest absolute Gasteiger partial charge is 0.475 e. The highest BCUT2D eigenvalue weighted by Crippen LogP contribution is 2.31. The highest BCUT2D eigenvalue weighted by atomic mass is 19.4. The summed E-state index contributed by atoms with van der Waals surface area (Å²) < 4.78 is 75.2. The van der Waals surface area contributed by atoms with Crippen molar-refractivity contribution in [3.05, 3.63) is 35.9 Å². The van der Waals surface area contributed by atoms with Crippen LogP contribution in [-0.2, 0) is 76.6 Å². The molecule has 1 heterocycles. The van der Waals surface area contributed by atoms with Gasteiger partial charge in [-0.05, 0) is 83.1 Å². The number of rotatable bonds is 21. The Bertz CT molecular complexity index is 3200. The third-order valence-corrected chi connectivity index (χ3v) is 16.1. The van der Waals surface area contributed by atoms with Crippen LogP contribution in [0.4, 0.5) is 26.3 Å². The van der Waals surface area contributed by atoms with E-state index in [0.29, 0.717) is 19.3 Å².